The van der Waals surface area contributed by atoms with Gasteiger partial charge in [0.2, 0.25) is 12.7 Å². The highest BCUT2D eigenvalue weighted by atomic mass is 16.7. The molecule has 9 nitrogen and oxygen atoms in total. The van der Waals surface area contributed by atoms with Crippen molar-refractivity contribution < 1.29 is 9.47 Å². The lowest BCUT2D eigenvalue weighted by Gasteiger charge is -2.07. The lowest BCUT2D eigenvalue weighted by atomic mass is 10.2. The van der Waals surface area contributed by atoms with E-state index in [0.717, 1.165) is 4.57 Å². The Bertz CT molecular complexity index is 1060. The number of fused-ring (bicyclic) bond motifs is 2. The molecule has 0 atom stereocenters. The first-order valence-electron chi connectivity index (χ1n) is 7.33. The molecule has 1 aliphatic heterocycles. The summed E-state index contributed by atoms with van der Waals surface area (Å²) in [7, 11) is 0. The van der Waals surface area contributed by atoms with Crippen LogP contribution in [0.1, 0.15) is 6.92 Å². The van der Waals surface area contributed by atoms with E-state index in [1.165, 1.54) is 6.20 Å². The summed E-state index contributed by atoms with van der Waals surface area (Å²) in [6, 6.07) is 4.85. The number of rotatable bonds is 3. The molecule has 1 aliphatic rings. The number of nitrogens with one attached hydrogen (secondary N) is 2. The molecule has 0 spiro atoms. The molecule has 0 saturated heterocycles. The van der Waals surface area contributed by atoms with E-state index in [-0.39, 0.29) is 17.8 Å². The highest BCUT2D eigenvalue weighted by Gasteiger charge is 2.17. The first-order chi connectivity index (χ1) is 11.7. The molecular weight excluding hydrogens is 314 g/mol. The zero-order valence-electron chi connectivity index (χ0n) is 12.7. The highest BCUT2D eigenvalue weighted by molar-refractivity contribution is 5.73. The van der Waals surface area contributed by atoms with Gasteiger partial charge in [0.05, 0.1) is 5.69 Å². The minimum atomic E-state index is -0.590. The van der Waals surface area contributed by atoms with Crippen LogP contribution in [0.25, 0.3) is 16.7 Å². The average Bonchev–Trinajstić information content (AvgIpc) is 3.02. The van der Waals surface area contributed by atoms with Crippen molar-refractivity contribution in [2.24, 2.45) is 0 Å². The summed E-state index contributed by atoms with van der Waals surface area (Å²) in [4.78, 5) is 35.9. The molecule has 4 rings (SSSR count). The fraction of sp³-hybridized carbons (Fsp3) is 0.200. The molecule has 2 aromatic heterocycles. The standard InChI is InChI=1S/C15H13N5O4/c1-2-16-14-17-6-9-12(18-14)19-15(22)20(13(9)21)8-3-4-10-11(5-8)24-7-23-10/h3-6H,2,7H2,1H3,(H2,16,17,18,19,22). The zero-order valence-corrected chi connectivity index (χ0v) is 12.7. The quantitative estimate of drug-likeness (QED) is 0.725. The van der Waals surface area contributed by atoms with Crippen LogP contribution in [0.2, 0.25) is 0 Å². The van der Waals surface area contributed by atoms with Crippen LogP contribution >= 0.6 is 0 Å². The van der Waals surface area contributed by atoms with Crippen LogP contribution < -0.4 is 26.0 Å². The van der Waals surface area contributed by atoms with E-state index in [1.807, 2.05) is 6.92 Å². The highest BCUT2D eigenvalue weighted by Crippen LogP contribution is 2.33. The number of aromatic nitrogens is 4. The van der Waals surface area contributed by atoms with Gasteiger partial charge >= 0.3 is 5.69 Å². The summed E-state index contributed by atoms with van der Waals surface area (Å²) in [5, 5.41) is 3.15. The van der Waals surface area contributed by atoms with Crippen molar-refractivity contribution in [3.05, 3.63) is 45.2 Å². The number of aromatic amines is 1. The van der Waals surface area contributed by atoms with Gasteiger partial charge in [-0.3, -0.25) is 9.78 Å². The second kappa shape index (κ2) is 5.37. The first-order valence-corrected chi connectivity index (χ1v) is 7.33. The molecule has 3 heterocycles. The molecule has 2 N–H and O–H groups in total. The number of hydrogen-bond acceptors (Lipinski definition) is 7. The molecule has 3 aromatic rings. The molecule has 0 radical (unpaired) electrons. The Balaban J connectivity index is 1.92. The molecule has 24 heavy (non-hydrogen) atoms. The van der Waals surface area contributed by atoms with Crippen LogP contribution in [0, 0.1) is 0 Å². The number of H-pyrrole nitrogens is 1. The van der Waals surface area contributed by atoms with E-state index in [4.69, 9.17) is 9.47 Å². The van der Waals surface area contributed by atoms with Crippen molar-refractivity contribution in [1.82, 2.24) is 19.5 Å². The number of nitrogens with zero attached hydrogens (tertiary/aromatic N) is 3. The van der Waals surface area contributed by atoms with Gasteiger partial charge in [0, 0.05) is 18.8 Å². The van der Waals surface area contributed by atoms with Crippen molar-refractivity contribution in [2.75, 3.05) is 18.7 Å². The van der Waals surface area contributed by atoms with Gasteiger partial charge in [0.15, 0.2) is 17.1 Å². The fourth-order valence-electron chi connectivity index (χ4n) is 2.51. The van der Waals surface area contributed by atoms with Crippen LogP contribution in [0.5, 0.6) is 11.5 Å². The van der Waals surface area contributed by atoms with E-state index < -0.39 is 11.2 Å². The van der Waals surface area contributed by atoms with E-state index in [9.17, 15) is 9.59 Å². The van der Waals surface area contributed by atoms with Gasteiger partial charge in [-0.15, -0.1) is 0 Å². The molecule has 122 valence electrons. The summed E-state index contributed by atoms with van der Waals surface area (Å²) in [6.07, 6.45) is 1.39. The lowest BCUT2D eigenvalue weighted by molar-refractivity contribution is 0.174. The molecule has 0 aliphatic carbocycles. The molecular formula is C15H13N5O4. The summed E-state index contributed by atoms with van der Waals surface area (Å²) in [5.74, 6) is 1.40. The SMILES string of the molecule is CCNc1ncc2c(=O)n(-c3ccc4c(c3)OCO4)c(=O)[nH]c2n1. The predicted molar refractivity (Wildman–Crippen MR) is 86.0 cm³/mol. The third kappa shape index (κ3) is 2.18. The van der Waals surface area contributed by atoms with Crippen molar-refractivity contribution in [3.8, 4) is 17.2 Å². The number of ether oxygens (including phenoxy) is 2. The molecule has 9 heteroatoms. The number of anilines is 1. The van der Waals surface area contributed by atoms with Gasteiger partial charge in [-0.25, -0.2) is 14.3 Å². The van der Waals surface area contributed by atoms with Crippen LogP contribution in [-0.4, -0.2) is 32.9 Å². The van der Waals surface area contributed by atoms with E-state index >= 15 is 0 Å². The molecule has 0 amide bonds. The Morgan fingerprint density at radius 3 is 2.96 bits per heavy atom. The molecule has 1 aromatic carbocycles. The van der Waals surface area contributed by atoms with Crippen LogP contribution in [-0.2, 0) is 0 Å². The van der Waals surface area contributed by atoms with E-state index in [0.29, 0.717) is 29.7 Å². The topological polar surface area (TPSA) is 111 Å². The van der Waals surface area contributed by atoms with Gasteiger partial charge in [0.1, 0.15) is 5.39 Å². The maximum atomic E-state index is 12.7. The molecule has 0 bridgehead atoms. The molecule has 0 unspecified atom stereocenters. The van der Waals surface area contributed by atoms with Gasteiger partial charge in [-0.1, -0.05) is 0 Å². The smallest absolute Gasteiger partial charge is 0.334 e. The Hall–Kier alpha value is -3.36. The van der Waals surface area contributed by atoms with Crippen LogP contribution in [0.4, 0.5) is 5.95 Å². The first kappa shape index (κ1) is 14.2. The zero-order chi connectivity index (χ0) is 16.7. The normalized spacial score (nSPS) is 12.5. The number of benzene rings is 1. The van der Waals surface area contributed by atoms with Gasteiger partial charge in [-0.2, -0.15) is 4.98 Å². The fourth-order valence-corrected chi connectivity index (χ4v) is 2.51. The Kier molecular flexibility index (Phi) is 3.19. The maximum absolute atomic E-state index is 12.7. The Labute approximate surface area is 134 Å². The summed E-state index contributed by atoms with van der Waals surface area (Å²) in [6.45, 7) is 2.64. The second-order valence-corrected chi connectivity index (χ2v) is 5.09. The number of hydrogen-bond donors (Lipinski definition) is 2. The monoisotopic (exact) mass is 327 g/mol. The summed E-state index contributed by atoms with van der Waals surface area (Å²) in [5.41, 5.74) is -0.528. The molecule has 0 fully saturated rings. The van der Waals surface area contributed by atoms with Crippen molar-refractivity contribution in [1.29, 1.82) is 0 Å². The van der Waals surface area contributed by atoms with Crippen molar-refractivity contribution >= 4 is 17.0 Å². The van der Waals surface area contributed by atoms with Gasteiger partial charge in [0.25, 0.3) is 5.56 Å². The van der Waals surface area contributed by atoms with Gasteiger partial charge < -0.3 is 14.8 Å². The minimum Gasteiger partial charge on any atom is -0.454 e. The van der Waals surface area contributed by atoms with Gasteiger partial charge in [-0.05, 0) is 19.1 Å². The molecule has 0 saturated carbocycles. The Morgan fingerprint density at radius 1 is 1.29 bits per heavy atom. The van der Waals surface area contributed by atoms with Crippen molar-refractivity contribution in [3.63, 3.8) is 0 Å². The van der Waals surface area contributed by atoms with E-state index in [2.05, 4.69) is 20.3 Å². The lowest BCUT2D eigenvalue weighted by Crippen LogP contribution is -2.34. The Morgan fingerprint density at radius 2 is 2.12 bits per heavy atom. The maximum Gasteiger partial charge on any atom is 0.334 e. The predicted octanol–water partition coefficient (Wildman–Crippen LogP) is 0.629. The second-order valence-electron chi connectivity index (χ2n) is 5.09. The third-order valence-corrected chi connectivity index (χ3v) is 3.60. The minimum absolute atomic E-state index is 0.114. The van der Waals surface area contributed by atoms with E-state index in [1.54, 1.807) is 18.2 Å². The summed E-state index contributed by atoms with van der Waals surface area (Å²) >= 11 is 0. The summed E-state index contributed by atoms with van der Waals surface area (Å²) < 4.78 is 11.5. The largest absolute Gasteiger partial charge is 0.454 e. The average molecular weight is 327 g/mol. The van der Waals surface area contributed by atoms with Crippen molar-refractivity contribution in [2.45, 2.75) is 6.92 Å². The third-order valence-electron chi connectivity index (χ3n) is 3.60. The van der Waals surface area contributed by atoms with Crippen LogP contribution in [0.3, 0.4) is 0 Å². The van der Waals surface area contributed by atoms with Crippen LogP contribution in [0.15, 0.2) is 34.0 Å².